The Kier molecular flexibility index (Phi) is 5.42. The zero-order chi connectivity index (χ0) is 15.4. The van der Waals surface area contributed by atoms with Crippen LogP contribution in [0.5, 0.6) is 5.75 Å². The summed E-state index contributed by atoms with van der Waals surface area (Å²) in [5.74, 6) is 0.841. The topological polar surface area (TPSA) is 53.1 Å². The molecule has 0 amide bonds. The average Bonchev–Trinajstić information content (AvgIpc) is 2.79. The number of hydrogen-bond donors (Lipinski definition) is 1. The van der Waals surface area contributed by atoms with Gasteiger partial charge in [0.05, 0.1) is 15.9 Å². The van der Waals surface area contributed by atoms with Gasteiger partial charge in [-0.3, -0.25) is 4.68 Å². The zero-order valence-corrected chi connectivity index (χ0v) is 14.4. The van der Waals surface area contributed by atoms with E-state index in [4.69, 9.17) is 10.5 Å². The fourth-order valence-corrected chi connectivity index (χ4v) is 2.91. The molecule has 2 N–H and O–H groups in total. The van der Waals surface area contributed by atoms with Gasteiger partial charge in [0.15, 0.2) is 0 Å². The minimum absolute atomic E-state index is 0.0948. The van der Waals surface area contributed by atoms with E-state index in [0.717, 1.165) is 40.0 Å². The Morgan fingerprint density at radius 1 is 1.29 bits per heavy atom. The van der Waals surface area contributed by atoms with Gasteiger partial charge in [0.25, 0.3) is 0 Å². The van der Waals surface area contributed by atoms with Crippen molar-refractivity contribution in [3.8, 4) is 5.75 Å². The Morgan fingerprint density at radius 3 is 2.48 bits per heavy atom. The monoisotopic (exact) mass is 351 g/mol. The molecule has 4 nitrogen and oxygen atoms in total. The number of aryl methyl sites for hydroxylation is 2. The normalized spacial score (nSPS) is 12.4. The van der Waals surface area contributed by atoms with Crippen LogP contribution in [0.3, 0.4) is 0 Å². The van der Waals surface area contributed by atoms with Gasteiger partial charge in [-0.1, -0.05) is 26.0 Å². The molecule has 0 saturated heterocycles. The van der Waals surface area contributed by atoms with Gasteiger partial charge in [0.2, 0.25) is 0 Å². The lowest BCUT2D eigenvalue weighted by molar-refractivity contribution is 0.294. The highest BCUT2D eigenvalue weighted by molar-refractivity contribution is 9.10. The molecule has 5 heteroatoms. The number of hydrogen-bond acceptors (Lipinski definition) is 3. The van der Waals surface area contributed by atoms with Crippen LogP contribution in [0.25, 0.3) is 0 Å². The third-order valence-electron chi connectivity index (χ3n) is 3.63. The summed E-state index contributed by atoms with van der Waals surface area (Å²) in [5.41, 5.74) is 9.25. The van der Waals surface area contributed by atoms with Gasteiger partial charge in [-0.2, -0.15) is 5.10 Å². The van der Waals surface area contributed by atoms with Crippen molar-refractivity contribution >= 4 is 15.9 Å². The molecule has 0 saturated carbocycles. The molecule has 1 heterocycles. The quantitative estimate of drug-likeness (QED) is 0.862. The van der Waals surface area contributed by atoms with Crippen LogP contribution in [0, 0.1) is 0 Å². The maximum Gasteiger partial charge on any atom is 0.131 e. The van der Waals surface area contributed by atoms with Gasteiger partial charge in [-0.05, 0) is 46.5 Å². The molecule has 1 aromatic heterocycles. The third kappa shape index (κ3) is 3.66. The molecule has 1 unspecified atom stereocenters. The van der Waals surface area contributed by atoms with Crippen LogP contribution in [-0.2, 0) is 20.1 Å². The van der Waals surface area contributed by atoms with E-state index in [1.807, 2.05) is 36.0 Å². The second kappa shape index (κ2) is 7.09. The summed E-state index contributed by atoms with van der Waals surface area (Å²) in [6.45, 7) is 4.66. The lowest BCUT2D eigenvalue weighted by Gasteiger charge is -2.11. The smallest absolute Gasteiger partial charge is 0.131 e. The number of ether oxygens (including phenoxy) is 1. The van der Waals surface area contributed by atoms with E-state index in [1.165, 1.54) is 0 Å². The van der Waals surface area contributed by atoms with Crippen molar-refractivity contribution in [3.05, 3.63) is 45.7 Å². The highest BCUT2D eigenvalue weighted by Crippen LogP contribution is 2.24. The molecule has 0 bridgehead atoms. The van der Waals surface area contributed by atoms with Gasteiger partial charge in [-0.25, -0.2) is 0 Å². The van der Waals surface area contributed by atoms with Crippen molar-refractivity contribution in [3.63, 3.8) is 0 Å². The van der Waals surface area contributed by atoms with Gasteiger partial charge in [-0.15, -0.1) is 0 Å². The Balaban J connectivity index is 2.05. The van der Waals surface area contributed by atoms with E-state index >= 15 is 0 Å². The number of benzene rings is 1. The van der Waals surface area contributed by atoms with Crippen LogP contribution in [0.15, 0.2) is 28.7 Å². The third-order valence-corrected chi connectivity index (χ3v) is 4.54. The van der Waals surface area contributed by atoms with E-state index in [2.05, 4.69) is 34.9 Å². The molecule has 1 aromatic carbocycles. The Bertz CT molecular complexity index is 592. The number of aromatic nitrogens is 2. The lowest BCUT2D eigenvalue weighted by atomic mass is 10.1. The average molecular weight is 352 g/mol. The highest BCUT2D eigenvalue weighted by Gasteiger charge is 2.13. The van der Waals surface area contributed by atoms with Gasteiger partial charge in [0.1, 0.15) is 12.4 Å². The van der Waals surface area contributed by atoms with Gasteiger partial charge >= 0.3 is 0 Å². The summed E-state index contributed by atoms with van der Waals surface area (Å²) in [5, 5.41) is 4.46. The molecule has 114 valence electrons. The van der Waals surface area contributed by atoms with E-state index < -0.39 is 0 Å². The minimum Gasteiger partial charge on any atom is -0.487 e. The molecule has 2 rings (SSSR count). The summed E-state index contributed by atoms with van der Waals surface area (Å²) in [6, 6.07) is 8.09. The van der Waals surface area contributed by atoms with Crippen LogP contribution < -0.4 is 10.5 Å². The number of rotatable bonds is 6. The molecule has 0 aliphatic carbocycles. The molecule has 0 fully saturated rings. The van der Waals surface area contributed by atoms with Crippen molar-refractivity contribution in [1.29, 1.82) is 0 Å². The first kappa shape index (κ1) is 16.0. The fourth-order valence-electron chi connectivity index (χ4n) is 2.18. The Labute approximate surface area is 134 Å². The van der Waals surface area contributed by atoms with Crippen LogP contribution in [-0.4, -0.2) is 9.78 Å². The summed E-state index contributed by atoms with van der Waals surface area (Å²) < 4.78 is 8.75. The van der Waals surface area contributed by atoms with Crippen LogP contribution in [0.2, 0.25) is 0 Å². The minimum atomic E-state index is 0.0948. The number of nitrogens with zero attached hydrogens (tertiary/aromatic N) is 2. The first-order valence-electron chi connectivity index (χ1n) is 7.25. The maximum absolute atomic E-state index is 6.01. The predicted molar refractivity (Wildman–Crippen MR) is 88.3 cm³/mol. The molecular formula is C16H22BrN3O. The van der Waals surface area contributed by atoms with Crippen LogP contribution >= 0.6 is 15.9 Å². The summed E-state index contributed by atoms with van der Waals surface area (Å²) >= 11 is 3.60. The lowest BCUT2D eigenvalue weighted by Crippen LogP contribution is -2.08. The van der Waals surface area contributed by atoms with Crippen molar-refractivity contribution < 1.29 is 4.74 Å². The number of nitrogens with two attached hydrogens (primary N) is 1. The van der Waals surface area contributed by atoms with Crippen LogP contribution in [0.4, 0.5) is 0 Å². The summed E-state index contributed by atoms with van der Waals surface area (Å²) in [7, 11) is 1.94. The molecular weight excluding hydrogens is 330 g/mol. The largest absolute Gasteiger partial charge is 0.487 e. The Hall–Kier alpha value is -1.33. The molecule has 0 aliphatic heterocycles. The second-order valence-corrected chi connectivity index (χ2v) is 5.85. The SMILES string of the molecule is CCc1nn(C)c(COc2ccc(C(N)CC)cc2)c1Br. The van der Waals surface area contributed by atoms with Crippen molar-refractivity contribution in [1.82, 2.24) is 9.78 Å². The molecule has 21 heavy (non-hydrogen) atoms. The molecule has 2 aromatic rings. The first-order chi connectivity index (χ1) is 10.1. The first-order valence-corrected chi connectivity index (χ1v) is 8.04. The van der Waals surface area contributed by atoms with Gasteiger partial charge in [0, 0.05) is 13.1 Å². The highest BCUT2D eigenvalue weighted by atomic mass is 79.9. The van der Waals surface area contributed by atoms with Gasteiger partial charge < -0.3 is 10.5 Å². The fraction of sp³-hybridized carbons (Fsp3) is 0.438. The van der Waals surface area contributed by atoms with Crippen LogP contribution in [0.1, 0.15) is 43.3 Å². The molecule has 0 radical (unpaired) electrons. The molecule has 0 aliphatic rings. The van der Waals surface area contributed by atoms with Crippen molar-refractivity contribution in [2.45, 2.75) is 39.3 Å². The summed E-state index contributed by atoms with van der Waals surface area (Å²) in [4.78, 5) is 0. The number of halogens is 1. The predicted octanol–water partition coefficient (Wildman–Crippen LogP) is 3.73. The Morgan fingerprint density at radius 2 is 1.95 bits per heavy atom. The van der Waals surface area contributed by atoms with E-state index in [9.17, 15) is 0 Å². The van der Waals surface area contributed by atoms with Crippen molar-refractivity contribution in [2.75, 3.05) is 0 Å². The van der Waals surface area contributed by atoms with Crippen molar-refractivity contribution in [2.24, 2.45) is 12.8 Å². The molecule has 1 atom stereocenters. The van der Waals surface area contributed by atoms with E-state index in [1.54, 1.807) is 0 Å². The molecule has 0 spiro atoms. The zero-order valence-electron chi connectivity index (χ0n) is 12.8. The standard InChI is InChI=1S/C16H22BrN3O/c1-4-13(18)11-6-8-12(9-7-11)21-10-15-16(17)14(5-2)19-20(15)3/h6-9,13H,4-5,10,18H2,1-3H3. The summed E-state index contributed by atoms with van der Waals surface area (Å²) in [6.07, 6.45) is 1.83. The second-order valence-electron chi connectivity index (χ2n) is 5.06. The van der Waals surface area contributed by atoms with E-state index in [0.29, 0.717) is 6.61 Å². The maximum atomic E-state index is 6.01. The van der Waals surface area contributed by atoms with E-state index in [-0.39, 0.29) is 6.04 Å².